The van der Waals surface area contributed by atoms with E-state index in [-0.39, 0.29) is 17.4 Å². The van der Waals surface area contributed by atoms with Gasteiger partial charge in [-0.1, -0.05) is 12.1 Å². The van der Waals surface area contributed by atoms with Gasteiger partial charge in [0.25, 0.3) is 11.7 Å². The largest absolute Gasteiger partial charge is 0.507 e. The molecule has 1 fully saturated rings. The summed E-state index contributed by atoms with van der Waals surface area (Å²) in [6.07, 6.45) is -0.0817. The number of methoxy groups -OCH3 is 1. The van der Waals surface area contributed by atoms with E-state index < -0.39 is 17.7 Å². The molecule has 1 saturated heterocycles. The molecule has 1 heterocycles. The van der Waals surface area contributed by atoms with E-state index in [0.717, 1.165) is 0 Å². The summed E-state index contributed by atoms with van der Waals surface area (Å²) >= 11 is 3.40. The molecule has 1 unspecified atom stereocenters. The van der Waals surface area contributed by atoms with E-state index in [1.807, 2.05) is 19.9 Å². The van der Waals surface area contributed by atoms with E-state index >= 15 is 0 Å². The number of nitrogens with zero attached hydrogens (tertiary/aromatic N) is 2. The lowest BCUT2D eigenvalue weighted by Crippen LogP contribution is -2.29. The zero-order chi connectivity index (χ0) is 26.0. The van der Waals surface area contributed by atoms with Gasteiger partial charge in [0, 0.05) is 11.3 Å². The van der Waals surface area contributed by atoms with Crippen LogP contribution in [0, 0.1) is 11.3 Å². The predicted molar refractivity (Wildman–Crippen MR) is 139 cm³/mol. The summed E-state index contributed by atoms with van der Waals surface area (Å²) in [6, 6.07) is 19.5. The van der Waals surface area contributed by atoms with Gasteiger partial charge < -0.3 is 14.6 Å². The highest BCUT2D eigenvalue weighted by Crippen LogP contribution is 2.43. The second-order valence-electron chi connectivity index (χ2n) is 8.42. The average molecular weight is 547 g/mol. The van der Waals surface area contributed by atoms with E-state index in [2.05, 4.69) is 15.9 Å². The third-order valence-electron chi connectivity index (χ3n) is 5.69. The van der Waals surface area contributed by atoms with Gasteiger partial charge in [-0.15, -0.1) is 0 Å². The maximum Gasteiger partial charge on any atom is 0.300 e. The number of benzene rings is 3. The number of rotatable bonds is 6. The zero-order valence-electron chi connectivity index (χ0n) is 19.9. The first kappa shape index (κ1) is 25.0. The molecule has 1 aliphatic rings. The Kier molecular flexibility index (Phi) is 7.13. The van der Waals surface area contributed by atoms with Crippen molar-refractivity contribution in [3.8, 4) is 17.6 Å². The molecule has 1 atom stereocenters. The first-order chi connectivity index (χ1) is 17.2. The minimum atomic E-state index is -0.922. The molecule has 4 rings (SSSR count). The number of hydrogen-bond acceptors (Lipinski definition) is 6. The second kappa shape index (κ2) is 10.3. The van der Waals surface area contributed by atoms with Gasteiger partial charge >= 0.3 is 0 Å². The fourth-order valence-corrected chi connectivity index (χ4v) is 4.65. The number of ether oxygens (including phenoxy) is 2. The maximum absolute atomic E-state index is 13.4. The van der Waals surface area contributed by atoms with E-state index in [1.54, 1.807) is 66.7 Å². The summed E-state index contributed by atoms with van der Waals surface area (Å²) in [5, 5.41) is 20.5. The minimum Gasteiger partial charge on any atom is -0.507 e. The number of aliphatic hydroxyl groups excluding tert-OH is 1. The Labute approximate surface area is 217 Å². The van der Waals surface area contributed by atoms with Gasteiger partial charge in [-0.25, -0.2) is 0 Å². The van der Waals surface area contributed by atoms with Crippen LogP contribution in [-0.4, -0.2) is 30.0 Å². The number of ketones is 1. The molecular formula is C28H23BrN2O5. The van der Waals surface area contributed by atoms with Gasteiger partial charge in [0.05, 0.1) is 40.9 Å². The van der Waals surface area contributed by atoms with Crippen LogP contribution in [0.3, 0.4) is 0 Å². The summed E-state index contributed by atoms with van der Waals surface area (Å²) < 4.78 is 11.7. The Morgan fingerprint density at radius 1 is 1.08 bits per heavy atom. The molecule has 1 amide bonds. The zero-order valence-corrected chi connectivity index (χ0v) is 21.4. The Morgan fingerprint density at radius 2 is 1.81 bits per heavy atom. The highest BCUT2D eigenvalue weighted by molar-refractivity contribution is 9.10. The molecule has 3 aromatic carbocycles. The highest BCUT2D eigenvalue weighted by atomic mass is 79.9. The third kappa shape index (κ3) is 4.70. The number of carbonyl (C=O) groups excluding carboxylic acids is 2. The Hall–Kier alpha value is -4.09. The summed E-state index contributed by atoms with van der Waals surface area (Å²) in [4.78, 5) is 28.0. The molecule has 7 nitrogen and oxygen atoms in total. The number of nitriles is 1. The Balaban J connectivity index is 1.93. The van der Waals surface area contributed by atoms with Crippen LogP contribution in [0.2, 0.25) is 0 Å². The van der Waals surface area contributed by atoms with Gasteiger partial charge in [-0.2, -0.15) is 5.26 Å². The monoisotopic (exact) mass is 546 g/mol. The molecule has 36 heavy (non-hydrogen) atoms. The lowest BCUT2D eigenvalue weighted by molar-refractivity contribution is -0.132. The van der Waals surface area contributed by atoms with Crippen molar-refractivity contribution in [2.24, 2.45) is 0 Å². The fourth-order valence-electron chi connectivity index (χ4n) is 4.11. The molecule has 0 spiro atoms. The second-order valence-corrected chi connectivity index (χ2v) is 9.27. The predicted octanol–water partition coefficient (Wildman–Crippen LogP) is 5.74. The molecule has 1 N–H and O–H groups in total. The molecule has 182 valence electrons. The van der Waals surface area contributed by atoms with Crippen LogP contribution in [-0.2, 0) is 9.59 Å². The van der Waals surface area contributed by atoms with Gasteiger partial charge in [-0.05, 0) is 89.9 Å². The van der Waals surface area contributed by atoms with Crippen molar-refractivity contribution in [1.82, 2.24) is 0 Å². The topological polar surface area (TPSA) is 99.9 Å². The van der Waals surface area contributed by atoms with Gasteiger partial charge in [-0.3, -0.25) is 14.5 Å². The summed E-state index contributed by atoms with van der Waals surface area (Å²) in [7, 11) is 1.52. The number of Topliss-reactive ketones (excluding diaryl/α,β-unsaturated/α-hetero) is 1. The van der Waals surface area contributed by atoms with Gasteiger partial charge in [0.2, 0.25) is 0 Å². The summed E-state index contributed by atoms with van der Waals surface area (Å²) in [6.45, 7) is 3.80. The van der Waals surface area contributed by atoms with E-state index in [0.29, 0.717) is 38.3 Å². The molecule has 0 bridgehead atoms. The number of carbonyl (C=O) groups is 2. The van der Waals surface area contributed by atoms with Crippen molar-refractivity contribution in [2.75, 3.05) is 12.0 Å². The van der Waals surface area contributed by atoms with Crippen LogP contribution in [0.5, 0.6) is 11.5 Å². The van der Waals surface area contributed by atoms with Crippen molar-refractivity contribution < 1.29 is 24.2 Å². The lowest BCUT2D eigenvalue weighted by Gasteiger charge is -2.26. The standard InChI is InChI=1S/C28H23BrN2O5/c1-16(2)36-21-6-4-5-18(13-21)25-24(26(32)19-9-12-23(35-3)22(29)14-19)27(33)28(34)31(25)20-10-7-17(15-30)8-11-20/h4-14,16,25,32H,1-3H3/b26-24+. The van der Waals surface area contributed by atoms with Crippen LogP contribution in [0.4, 0.5) is 5.69 Å². The van der Waals surface area contributed by atoms with Crippen LogP contribution in [0.1, 0.15) is 36.6 Å². The SMILES string of the molecule is COc1ccc(/C(O)=C2\C(=O)C(=O)N(c3ccc(C#N)cc3)C2c2cccc(OC(C)C)c2)cc1Br. The highest BCUT2D eigenvalue weighted by Gasteiger charge is 2.47. The average Bonchev–Trinajstić information content (AvgIpc) is 3.13. The number of hydrogen-bond donors (Lipinski definition) is 1. The van der Waals surface area contributed by atoms with Crippen molar-refractivity contribution in [2.45, 2.75) is 26.0 Å². The minimum absolute atomic E-state index is 0.0527. The van der Waals surface area contributed by atoms with Crippen molar-refractivity contribution in [3.05, 3.63) is 93.5 Å². The van der Waals surface area contributed by atoms with E-state index in [4.69, 9.17) is 14.7 Å². The number of amides is 1. The van der Waals surface area contributed by atoms with Crippen molar-refractivity contribution >= 4 is 39.1 Å². The third-order valence-corrected chi connectivity index (χ3v) is 6.31. The van der Waals surface area contributed by atoms with Crippen LogP contribution < -0.4 is 14.4 Å². The van der Waals surface area contributed by atoms with Gasteiger partial charge in [0.1, 0.15) is 17.3 Å². The molecular weight excluding hydrogens is 524 g/mol. The molecule has 0 radical (unpaired) electrons. The number of aliphatic hydroxyl groups is 1. The number of halogens is 1. The van der Waals surface area contributed by atoms with E-state index in [1.165, 1.54) is 12.0 Å². The molecule has 0 aromatic heterocycles. The molecule has 0 saturated carbocycles. The molecule has 3 aromatic rings. The van der Waals surface area contributed by atoms with Crippen molar-refractivity contribution in [3.63, 3.8) is 0 Å². The van der Waals surface area contributed by atoms with Crippen LogP contribution in [0.15, 0.2) is 76.8 Å². The molecule has 1 aliphatic heterocycles. The first-order valence-electron chi connectivity index (χ1n) is 11.2. The first-order valence-corrected chi connectivity index (χ1v) is 12.0. The van der Waals surface area contributed by atoms with Crippen LogP contribution in [0.25, 0.3) is 5.76 Å². The van der Waals surface area contributed by atoms with Crippen LogP contribution >= 0.6 is 15.9 Å². The maximum atomic E-state index is 13.4. The fraction of sp³-hybridized carbons (Fsp3) is 0.179. The number of anilines is 1. The summed E-state index contributed by atoms with van der Waals surface area (Å²) in [5.74, 6) is -0.786. The lowest BCUT2D eigenvalue weighted by atomic mass is 9.95. The smallest absolute Gasteiger partial charge is 0.300 e. The van der Waals surface area contributed by atoms with E-state index in [9.17, 15) is 14.7 Å². The molecule has 0 aliphatic carbocycles. The van der Waals surface area contributed by atoms with Gasteiger partial charge in [0.15, 0.2) is 0 Å². The Bertz CT molecular complexity index is 1410. The normalized spacial score (nSPS) is 16.8. The summed E-state index contributed by atoms with van der Waals surface area (Å²) in [5.41, 5.74) is 1.72. The Morgan fingerprint density at radius 3 is 2.42 bits per heavy atom. The molecule has 8 heteroatoms. The quantitative estimate of drug-likeness (QED) is 0.240. The van der Waals surface area contributed by atoms with Crippen molar-refractivity contribution in [1.29, 1.82) is 5.26 Å².